The van der Waals surface area contributed by atoms with Gasteiger partial charge in [0.1, 0.15) is 11.6 Å². The van der Waals surface area contributed by atoms with Gasteiger partial charge in [0.05, 0.1) is 5.69 Å². The van der Waals surface area contributed by atoms with Gasteiger partial charge in [-0.1, -0.05) is 6.07 Å². The van der Waals surface area contributed by atoms with E-state index in [4.69, 9.17) is 0 Å². The normalized spacial score (nSPS) is 10.4. The third-order valence-corrected chi connectivity index (χ3v) is 2.90. The Morgan fingerprint density at radius 1 is 0.762 bits per heavy atom. The van der Waals surface area contributed by atoms with Crippen LogP contribution >= 0.6 is 0 Å². The summed E-state index contributed by atoms with van der Waals surface area (Å²) in [6.45, 7) is 0. The summed E-state index contributed by atoms with van der Waals surface area (Å²) in [6.07, 6.45) is 0. The molecule has 3 aromatic rings. The first-order valence-corrected chi connectivity index (χ1v) is 6.33. The SMILES string of the molecule is Fc1ccc(-c2ccc(Nc3cccc(F)c3)nn2)cc1. The van der Waals surface area contributed by atoms with Crippen LogP contribution in [-0.2, 0) is 0 Å². The van der Waals surface area contributed by atoms with Gasteiger partial charge in [0.15, 0.2) is 5.82 Å². The van der Waals surface area contributed by atoms with Crippen LogP contribution in [0.15, 0.2) is 60.7 Å². The molecule has 5 heteroatoms. The third kappa shape index (κ3) is 3.20. The molecule has 0 aliphatic rings. The number of benzene rings is 2. The Kier molecular flexibility index (Phi) is 3.55. The summed E-state index contributed by atoms with van der Waals surface area (Å²) < 4.78 is 25.9. The van der Waals surface area contributed by atoms with Crippen LogP contribution in [0.1, 0.15) is 0 Å². The van der Waals surface area contributed by atoms with Gasteiger partial charge in [-0.05, 0) is 54.6 Å². The monoisotopic (exact) mass is 283 g/mol. The van der Waals surface area contributed by atoms with E-state index in [1.54, 1.807) is 36.4 Å². The van der Waals surface area contributed by atoms with Gasteiger partial charge < -0.3 is 5.32 Å². The Balaban J connectivity index is 1.79. The van der Waals surface area contributed by atoms with E-state index < -0.39 is 0 Å². The van der Waals surface area contributed by atoms with Crippen LogP contribution in [0.4, 0.5) is 20.3 Å². The molecule has 0 fully saturated rings. The summed E-state index contributed by atoms with van der Waals surface area (Å²) in [7, 11) is 0. The number of halogens is 2. The lowest BCUT2D eigenvalue weighted by atomic mass is 10.1. The van der Waals surface area contributed by atoms with Crippen molar-refractivity contribution < 1.29 is 8.78 Å². The largest absolute Gasteiger partial charge is 0.339 e. The van der Waals surface area contributed by atoms with Crippen molar-refractivity contribution in [3.8, 4) is 11.3 Å². The average molecular weight is 283 g/mol. The zero-order valence-corrected chi connectivity index (χ0v) is 10.9. The van der Waals surface area contributed by atoms with Crippen molar-refractivity contribution in [2.24, 2.45) is 0 Å². The summed E-state index contributed by atoms with van der Waals surface area (Å²) in [6, 6.07) is 15.6. The van der Waals surface area contributed by atoms with E-state index >= 15 is 0 Å². The van der Waals surface area contributed by atoms with Gasteiger partial charge >= 0.3 is 0 Å². The fourth-order valence-electron chi connectivity index (χ4n) is 1.89. The van der Waals surface area contributed by atoms with Crippen LogP contribution in [0, 0.1) is 11.6 Å². The minimum absolute atomic E-state index is 0.295. The van der Waals surface area contributed by atoms with Gasteiger partial charge in [-0.3, -0.25) is 0 Å². The van der Waals surface area contributed by atoms with Crippen molar-refractivity contribution in [1.82, 2.24) is 10.2 Å². The van der Waals surface area contributed by atoms with Crippen molar-refractivity contribution in [1.29, 1.82) is 0 Å². The molecule has 104 valence electrons. The molecule has 0 bridgehead atoms. The van der Waals surface area contributed by atoms with E-state index in [0.29, 0.717) is 17.2 Å². The Bertz CT molecular complexity index is 740. The van der Waals surface area contributed by atoms with Crippen LogP contribution in [0.2, 0.25) is 0 Å². The van der Waals surface area contributed by atoms with Crippen molar-refractivity contribution in [2.45, 2.75) is 0 Å². The molecule has 0 radical (unpaired) electrons. The molecule has 3 rings (SSSR count). The molecule has 1 heterocycles. The zero-order valence-electron chi connectivity index (χ0n) is 10.9. The lowest BCUT2D eigenvalue weighted by Gasteiger charge is -2.06. The van der Waals surface area contributed by atoms with E-state index in [2.05, 4.69) is 15.5 Å². The predicted octanol–water partition coefficient (Wildman–Crippen LogP) is 4.17. The first kappa shape index (κ1) is 13.2. The maximum absolute atomic E-state index is 13.1. The van der Waals surface area contributed by atoms with Gasteiger partial charge in [0, 0.05) is 11.3 Å². The van der Waals surface area contributed by atoms with Crippen molar-refractivity contribution in [2.75, 3.05) is 5.32 Å². The Labute approximate surface area is 120 Å². The lowest BCUT2D eigenvalue weighted by Crippen LogP contribution is -1.96. The van der Waals surface area contributed by atoms with Crippen molar-refractivity contribution >= 4 is 11.5 Å². The summed E-state index contributed by atoms with van der Waals surface area (Å²) in [5, 5.41) is 11.1. The first-order valence-electron chi connectivity index (χ1n) is 6.33. The zero-order chi connectivity index (χ0) is 14.7. The topological polar surface area (TPSA) is 37.8 Å². The number of anilines is 2. The van der Waals surface area contributed by atoms with E-state index in [1.807, 2.05) is 0 Å². The van der Waals surface area contributed by atoms with Crippen LogP contribution in [0.5, 0.6) is 0 Å². The van der Waals surface area contributed by atoms with E-state index in [-0.39, 0.29) is 11.6 Å². The molecule has 0 unspecified atom stereocenters. The van der Waals surface area contributed by atoms with Crippen LogP contribution in [0.3, 0.4) is 0 Å². The highest BCUT2D eigenvalue weighted by Gasteiger charge is 2.02. The molecule has 0 aliphatic carbocycles. The molecule has 1 aromatic heterocycles. The number of rotatable bonds is 3. The fraction of sp³-hybridized carbons (Fsp3) is 0. The fourth-order valence-corrected chi connectivity index (χ4v) is 1.89. The predicted molar refractivity (Wildman–Crippen MR) is 77.1 cm³/mol. The maximum atomic E-state index is 13.1. The Hall–Kier alpha value is -2.82. The number of nitrogens with zero attached hydrogens (tertiary/aromatic N) is 2. The third-order valence-electron chi connectivity index (χ3n) is 2.90. The molecule has 1 N–H and O–H groups in total. The molecule has 0 aliphatic heterocycles. The average Bonchev–Trinajstić information content (AvgIpc) is 2.49. The second kappa shape index (κ2) is 5.66. The quantitative estimate of drug-likeness (QED) is 0.784. The smallest absolute Gasteiger partial charge is 0.153 e. The molecule has 0 amide bonds. The molecule has 2 aromatic carbocycles. The molecular formula is C16H11F2N3. The molecular weight excluding hydrogens is 272 g/mol. The number of nitrogens with one attached hydrogen (secondary N) is 1. The number of hydrogen-bond acceptors (Lipinski definition) is 3. The highest BCUT2D eigenvalue weighted by Crippen LogP contribution is 2.19. The molecule has 0 saturated carbocycles. The van der Waals surface area contributed by atoms with Gasteiger partial charge in [0.2, 0.25) is 0 Å². The number of hydrogen-bond donors (Lipinski definition) is 1. The summed E-state index contributed by atoms with van der Waals surface area (Å²) in [5.74, 6) is -0.113. The van der Waals surface area contributed by atoms with Gasteiger partial charge in [-0.15, -0.1) is 10.2 Å². The Morgan fingerprint density at radius 2 is 1.57 bits per heavy atom. The highest BCUT2D eigenvalue weighted by molar-refractivity contribution is 5.61. The standard InChI is InChI=1S/C16H11F2N3/c17-12-6-4-11(5-7-12)15-8-9-16(21-20-15)19-14-3-1-2-13(18)10-14/h1-10H,(H,19,21). The van der Waals surface area contributed by atoms with E-state index in [0.717, 1.165) is 5.56 Å². The van der Waals surface area contributed by atoms with Crippen molar-refractivity contribution in [3.05, 3.63) is 72.3 Å². The van der Waals surface area contributed by atoms with Gasteiger partial charge in [0.25, 0.3) is 0 Å². The molecule has 0 atom stereocenters. The lowest BCUT2D eigenvalue weighted by molar-refractivity contribution is 0.627. The minimum Gasteiger partial charge on any atom is -0.339 e. The minimum atomic E-state index is -0.323. The van der Waals surface area contributed by atoms with Crippen LogP contribution < -0.4 is 5.32 Å². The highest BCUT2D eigenvalue weighted by atomic mass is 19.1. The second-order valence-corrected chi connectivity index (χ2v) is 4.45. The first-order chi connectivity index (χ1) is 10.2. The van der Waals surface area contributed by atoms with E-state index in [1.165, 1.54) is 24.3 Å². The van der Waals surface area contributed by atoms with Gasteiger partial charge in [-0.2, -0.15) is 0 Å². The van der Waals surface area contributed by atoms with Crippen LogP contribution in [-0.4, -0.2) is 10.2 Å². The molecule has 3 nitrogen and oxygen atoms in total. The Morgan fingerprint density at radius 3 is 2.24 bits per heavy atom. The maximum Gasteiger partial charge on any atom is 0.153 e. The van der Waals surface area contributed by atoms with Gasteiger partial charge in [-0.25, -0.2) is 8.78 Å². The summed E-state index contributed by atoms with van der Waals surface area (Å²) >= 11 is 0. The van der Waals surface area contributed by atoms with Crippen LogP contribution in [0.25, 0.3) is 11.3 Å². The second-order valence-electron chi connectivity index (χ2n) is 4.45. The summed E-state index contributed by atoms with van der Waals surface area (Å²) in [5.41, 5.74) is 2.01. The molecule has 0 spiro atoms. The number of aromatic nitrogens is 2. The molecule has 21 heavy (non-hydrogen) atoms. The van der Waals surface area contributed by atoms with Crippen molar-refractivity contribution in [3.63, 3.8) is 0 Å². The molecule has 0 saturated heterocycles. The summed E-state index contributed by atoms with van der Waals surface area (Å²) in [4.78, 5) is 0. The van der Waals surface area contributed by atoms with E-state index in [9.17, 15) is 8.78 Å².